The molecule has 142 valence electrons. The first-order valence-electron chi connectivity index (χ1n) is 8.63. The minimum absolute atomic E-state index is 0. The van der Waals surface area contributed by atoms with Crippen LogP contribution < -0.4 is 11.1 Å². The Bertz CT molecular complexity index is 717. The number of rotatable bonds is 6. The van der Waals surface area contributed by atoms with Crippen molar-refractivity contribution in [3.63, 3.8) is 0 Å². The third-order valence-electron chi connectivity index (χ3n) is 4.48. The molecule has 3 rings (SSSR count). The molecule has 0 radical (unpaired) electrons. The van der Waals surface area contributed by atoms with Gasteiger partial charge in [0.15, 0.2) is 0 Å². The van der Waals surface area contributed by atoms with E-state index in [1.165, 1.54) is 4.88 Å². The summed E-state index contributed by atoms with van der Waals surface area (Å²) in [6.07, 6.45) is 3.59. The Morgan fingerprint density at radius 3 is 2.88 bits per heavy atom. The zero-order valence-electron chi connectivity index (χ0n) is 14.6. The van der Waals surface area contributed by atoms with Crippen LogP contribution in [0.5, 0.6) is 0 Å². The predicted octanol–water partition coefficient (Wildman–Crippen LogP) is 1.95. The molecule has 2 aromatic rings. The number of nitrogens with two attached hydrogens (primary N) is 1. The molecule has 1 fully saturated rings. The SMILES string of the molecule is Cl.NCCNC(=O)C1CCCN(C(=O)c2cccn2Cc2cccs2)C1. The van der Waals surface area contributed by atoms with E-state index in [1.807, 2.05) is 34.3 Å². The second-order valence-electron chi connectivity index (χ2n) is 6.27. The average molecular weight is 397 g/mol. The largest absolute Gasteiger partial charge is 0.355 e. The van der Waals surface area contributed by atoms with E-state index < -0.39 is 0 Å². The van der Waals surface area contributed by atoms with Gasteiger partial charge in [-0.25, -0.2) is 0 Å². The van der Waals surface area contributed by atoms with Gasteiger partial charge in [-0.15, -0.1) is 23.7 Å². The maximum atomic E-state index is 12.9. The Labute approximate surface area is 163 Å². The normalized spacial score (nSPS) is 16.8. The fraction of sp³-hybridized carbons (Fsp3) is 0.444. The molecule has 3 heterocycles. The standard InChI is InChI=1S/C18H24N4O2S.ClH/c19-7-8-20-17(23)14-4-1-10-22(12-14)18(24)16-6-2-9-21(16)13-15-5-3-11-25-15;/h2-3,5-6,9,11,14H,1,4,7-8,10,12-13,19H2,(H,20,23);1H. The van der Waals surface area contributed by atoms with Gasteiger partial charge in [-0.1, -0.05) is 6.07 Å². The van der Waals surface area contributed by atoms with Crippen LogP contribution in [0.15, 0.2) is 35.8 Å². The summed E-state index contributed by atoms with van der Waals surface area (Å²) in [5.74, 6) is -0.153. The second kappa shape index (κ2) is 9.75. The van der Waals surface area contributed by atoms with Crippen molar-refractivity contribution in [1.82, 2.24) is 14.8 Å². The van der Waals surface area contributed by atoms with Crippen LogP contribution in [0.3, 0.4) is 0 Å². The van der Waals surface area contributed by atoms with Crippen LogP contribution in [0.25, 0.3) is 0 Å². The van der Waals surface area contributed by atoms with Gasteiger partial charge < -0.3 is 20.5 Å². The van der Waals surface area contributed by atoms with Crippen LogP contribution in [0.4, 0.5) is 0 Å². The lowest BCUT2D eigenvalue weighted by molar-refractivity contribution is -0.126. The van der Waals surface area contributed by atoms with Crippen LogP contribution in [0.1, 0.15) is 28.2 Å². The predicted molar refractivity (Wildman–Crippen MR) is 106 cm³/mol. The Morgan fingerprint density at radius 1 is 1.31 bits per heavy atom. The van der Waals surface area contributed by atoms with Crippen LogP contribution in [0.2, 0.25) is 0 Å². The number of likely N-dealkylation sites (tertiary alicyclic amines) is 1. The molecule has 0 aliphatic carbocycles. The van der Waals surface area contributed by atoms with Crippen molar-refractivity contribution < 1.29 is 9.59 Å². The molecular formula is C18H25ClN4O2S. The molecule has 6 nitrogen and oxygen atoms in total. The van der Waals surface area contributed by atoms with Crippen LogP contribution in [-0.4, -0.2) is 47.5 Å². The van der Waals surface area contributed by atoms with Crippen molar-refractivity contribution >= 4 is 35.6 Å². The number of hydrogen-bond acceptors (Lipinski definition) is 4. The van der Waals surface area contributed by atoms with Crippen molar-refractivity contribution in [2.24, 2.45) is 11.7 Å². The molecule has 8 heteroatoms. The van der Waals surface area contributed by atoms with Gasteiger partial charge in [0.1, 0.15) is 5.69 Å². The van der Waals surface area contributed by atoms with Crippen molar-refractivity contribution in [2.45, 2.75) is 19.4 Å². The second-order valence-corrected chi connectivity index (χ2v) is 7.30. The van der Waals surface area contributed by atoms with E-state index in [0.717, 1.165) is 12.8 Å². The summed E-state index contributed by atoms with van der Waals surface area (Å²) in [5, 5.41) is 4.87. The summed E-state index contributed by atoms with van der Waals surface area (Å²) in [6.45, 7) is 2.77. The Kier molecular flexibility index (Phi) is 7.68. The van der Waals surface area contributed by atoms with Gasteiger partial charge in [-0.3, -0.25) is 9.59 Å². The zero-order valence-corrected chi connectivity index (χ0v) is 16.2. The highest BCUT2D eigenvalue weighted by Gasteiger charge is 2.29. The van der Waals surface area contributed by atoms with E-state index in [2.05, 4.69) is 11.4 Å². The number of nitrogens with one attached hydrogen (secondary N) is 1. The monoisotopic (exact) mass is 396 g/mol. The lowest BCUT2D eigenvalue weighted by Gasteiger charge is -2.32. The van der Waals surface area contributed by atoms with E-state index >= 15 is 0 Å². The molecule has 1 unspecified atom stereocenters. The quantitative estimate of drug-likeness (QED) is 0.783. The number of thiophene rings is 1. The molecule has 0 aromatic carbocycles. The molecule has 0 bridgehead atoms. The fourth-order valence-corrected chi connectivity index (χ4v) is 3.90. The molecule has 0 saturated carbocycles. The first kappa shape index (κ1) is 20.5. The lowest BCUT2D eigenvalue weighted by atomic mass is 9.97. The van der Waals surface area contributed by atoms with Gasteiger partial charge in [0, 0.05) is 37.3 Å². The number of piperidine rings is 1. The highest BCUT2D eigenvalue weighted by Crippen LogP contribution is 2.20. The first-order chi connectivity index (χ1) is 12.2. The summed E-state index contributed by atoms with van der Waals surface area (Å²) < 4.78 is 1.98. The van der Waals surface area contributed by atoms with Gasteiger partial charge in [0.05, 0.1) is 12.5 Å². The van der Waals surface area contributed by atoms with E-state index in [-0.39, 0.29) is 30.1 Å². The zero-order chi connectivity index (χ0) is 17.6. The molecule has 3 N–H and O–H groups in total. The van der Waals surface area contributed by atoms with Gasteiger partial charge in [0.2, 0.25) is 5.91 Å². The van der Waals surface area contributed by atoms with E-state index in [0.29, 0.717) is 38.4 Å². The van der Waals surface area contributed by atoms with Crippen LogP contribution >= 0.6 is 23.7 Å². The van der Waals surface area contributed by atoms with E-state index in [1.54, 1.807) is 16.2 Å². The highest BCUT2D eigenvalue weighted by molar-refractivity contribution is 7.09. The Morgan fingerprint density at radius 2 is 2.15 bits per heavy atom. The number of carbonyl (C=O) groups is 2. The molecule has 2 amide bonds. The minimum atomic E-state index is -0.148. The topological polar surface area (TPSA) is 80.4 Å². The summed E-state index contributed by atoms with van der Waals surface area (Å²) >= 11 is 1.68. The van der Waals surface area contributed by atoms with E-state index in [4.69, 9.17) is 5.73 Å². The van der Waals surface area contributed by atoms with Gasteiger partial charge in [-0.2, -0.15) is 0 Å². The average Bonchev–Trinajstić information content (AvgIpc) is 3.31. The minimum Gasteiger partial charge on any atom is -0.355 e. The summed E-state index contributed by atoms with van der Waals surface area (Å²) in [6, 6.07) is 7.84. The maximum Gasteiger partial charge on any atom is 0.270 e. The lowest BCUT2D eigenvalue weighted by Crippen LogP contribution is -2.46. The van der Waals surface area contributed by atoms with E-state index in [9.17, 15) is 9.59 Å². The number of nitrogens with zero attached hydrogens (tertiary/aromatic N) is 2. The number of aromatic nitrogens is 1. The van der Waals surface area contributed by atoms with Crippen molar-refractivity contribution in [3.8, 4) is 0 Å². The van der Waals surface area contributed by atoms with Gasteiger partial charge in [-0.05, 0) is 36.4 Å². The Balaban J connectivity index is 0.00000243. The Hall–Kier alpha value is -1.83. The fourth-order valence-electron chi connectivity index (χ4n) is 3.19. The van der Waals surface area contributed by atoms with Crippen LogP contribution in [-0.2, 0) is 11.3 Å². The van der Waals surface area contributed by atoms with Crippen LogP contribution in [0, 0.1) is 5.92 Å². The third kappa shape index (κ3) is 4.87. The molecule has 1 saturated heterocycles. The van der Waals surface area contributed by atoms with Crippen molar-refractivity contribution in [1.29, 1.82) is 0 Å². The summed E-state index contributed by atoms with van der Waals surface area (Å²) in [7, 11) is 0. The molecule has 0 spiro atoms. The number of amides is 2. The molecular weight excluding hydrogens is 372 g/mol. The molecule has 1 atom stereocenters. The molecule has 1 aliphatic heterocycles. The first-order valence-corrected chi connectivity index (χ1v) is 9.51. The van der Waals surface area contributed by atoms with Crippen molar-refractivity contribution in [2.75, 3.05) is 26.2 Å². The molecule has 2 aromatic heterocycles. The summed E-state index contributed by atoms with van der Waals surface area (Å²) in [4.78, 5) is 28.1. The smallest absolute Gasteiger partial charge is 0.270 e. The van der Waals surface area contributed by atoms with Gasteiger partial charge in [0.25, 0.3) is 5.91 Å². The highest BCUT2D eigenvalue weighted by atomic mass is 35.5. The number of hydrogen-bond donors (Lipinski definition) is 2. The molecule has 26 heavy (non-hydrogen) atoms. The molecule has 1 aliphatic rings. The maximum absolute atomic E-state index is 12.9. The number of halogens is 1. The summed E-state index contributed by atoms with van der Waals surface area (Å²) in [5.41, 5.74) is 6.11. The van der Waals surface area contributed by atoms with Gasteiger partial charge >= 0.3 is 0 Å². The number of carbonyl (C=O) groups excluding carboxylic acids is 2. The third-order valence-corrected chi connectivity index (χ3v) is 5.34. The van der Waals surface area contributed by atoms with Crippen molar-refractivity contribution in [3.05, 3.63) is 46.4 Å².